The maximum absolute atomic E-state index is 12.1. The van der Waals surface area contributed by atoms with Crippen LogP contribution in [0.25, 0.3) is 0 Å². The average Bonchev–Trinajstić information content (AvgIpc) is 2.30. The smallest absolute Gasteiger partial charge is 0.164 e. The summed E-state index contributed by atoms with van der Waals surface area (Å²) in [5, 5.41) is 0.624. The Morgan fingerprint density at radius 3 is 3.06 bits per heavy atom. The summed E-state index contributed by atoms with van der Waals surface area (Å²) in [6, 6.07) is 5.87. The van der Waals surface area contributed by atoms with Crippen LogP contribution in [0.5, 0.6) is 0 Å². The van der Waals surface area contributed by atoms with Crippen LogP contribution in [0.4, 0.5) is 0 Å². The Balaban J connectivity index is 2.08. The maximum Gasteiger partial charge on any atom is 0.164 e. The molecule has 17 heavy (non-hydrogen) atoms. The zero-order valence-corrected chi connectivity index (χ0v) is 10.7. The number of hydrogen-bond donors (Lipinski definition) is 0. The van der Waals surface area contributed by atoms with Gasteiger partial charge in [-0.15, -0.1) is 0 Å². The number of rotatable bonds is 0. The van der Waals surface area contributed by atoms with Crippen molar-refractivity contribution < 1.29 is 4.79 Å². The van der Waals surface area contributed by atoms with E-state index in [0.29, 0.717) is 23.3 Å². The number of likely N-dealkylation sites (tertiary alicyclic amines) is 1. The molecule has 2 aliphatic rings. The van der Waals surface area contributed by atoms with Crippen molar-refractivity contribution in [2.45, 2.75) is 18.8 Å². The van der Waals surface area contributed by atoms with Gasteiger partial charge < -0.3 is 4.90 Å². The van der Waals surface area contributed by atoms with Gasteiger partial charge in [0.15, 0.2) is 5.78 Å². The van der Waals surface area contributed by atoms with Crippen molar-refractivity contribution in [3.8, 4) is 0 Å². The second-order valence-corrected chi connectivity index (χ2v) is 5.66. The monoisotopic (exact) mass is 249 g/mol. The highest BCUT2D eigenvalue weighted by Crippen LogP contribution is 2.42. The first-order chi connectivity index (χ1) is 8.16. The molecule has 0 amide bonds. The SMILES string of the molecule is CN1CC[C@H]2CC(=O)c3c(Cl)cccc3[C@@H]2C1. The lowest BCUT2D eigenvalue weighted by atomic mass is 9.71. The fourth-order valence-corrected chi connectivity index (χ4v) is 3.53. The van der Waals surface area contributed by atoms with Gasteiger partial charge in [-0.25, -0.2) is 0 Å². The second-order valence-electron chi connectivity index (χ2n) is 5.25. The van der Waals surface area contributed by atoms with E-state index >= 15 is 0 Å². The van der Waals surface area contributed by atoms with Gasteiger partial charge in [0, 0.05) is 24.4 Å². The molecule has 1 aliphatic carbocycles. The molecule has 0 bridgehead atoms. The van der Waals surface area contributed by atoms with Crippen LogP contribution < -0.4 is 0 Å². The topological polar surface area (TPSA) is 20.3 Å². The lowest BCUT2D eigenvalue weighted by molar-refractivity contribution is 0.0887. The van der Waals surface area contributed by atoms with Crippen molar-refractivity contribution >= 4 is 17.4 Å². The zero-order chi connectivity index (χ0) is 12.0. The largest absolute Gasteiger partial charge is 0.306 e. The highest BCUT2D eigenvalue weighted by atomic mass is 35.5. The van der Waals surface area contributed by atoms with Crippen LogP contribution in [-0.4, -0.2) is 30.8 Å². The number of carbonyl (C=O) groups excluding carboxylic acids is 1. The average molecular weight is 250 g/mol. The Morgan fingerprint density at radius 2 is 2.24 bits per heavy atom. The molecule has 90 valence electrons. The van der Waals surface area contributed by atoms with E-state index in [1.807, 2.05) is 12.1 Å². The summed E-state index contributed by atoms with van der Waals surface area (Å²) in [5.41, 5.74) is 1.95. The van der Waals surface area contributed by atoms with Crippen LogP contribution in [0.1, 0.15) is 34.7 Å². The van der Waals surface area contributed by atoms with Crippen molar-refractivity contribution in [3.05, 3.63) is 34.3 Å². The van der Waals surface area contributed by atoms with E-state index in [4.69, 9.17) is 11.6 Å². The third-order valence-corrected chi connectivity index (χ3v) is 4.45. The highest BCUT2D eigenvalue weighted by Gasteiger charge is 2.37. The van der Waals surface area contributed by atoms with Crippen LogP contribution in [0.3, 0.4) is 0 Å². The molecule has 0 N–H and O–H groups in total. The number of ketones is 1. The molecule has 3 heteroatoms. The van der Waals surface area contributed by atoms with E-state index in [1.54, 1.807) is 0 Å². The molecule has 0 aromatic heterocycles. The molecule has 1 aliphatic heterocycles. The van der Waals surface area contributed by atoms with E-state index in [9.17, 15) is 4.79 Å². The van der Waals surface area contributed by atoms with E-state index in [0.717, 1.165) is 25.1 Å². The van der Waals surface area contributed by atoms with Gasteiger partial charge in [0.05, 0.1) is 5.02 Å². The van der Waals surface area contributed by atoms with Crippen LogP contribution in [0.15, 0.2) is 18.2 Å². The van der Waals surface area contributed by atoms with Crippen molar-refractivity contribution in [2.24, 2.45) is 5.92 Å². The summed E-state index contributed by atoms with van der Waals surface area (Å²) < 4.78 is 0. The first-order valence-electron chi connectivity index (χ1n) is 6.17. The molecular weight excluding hydrogens is 234 g/mol. The summed E-state index contributed by atoms with van der Waals surface area (Å²) in [6.07, 6.45) is 1.80. The summed E-state index contributed by atoms with van der Waals surface area (Å²) >= 11 is 6.17. The molecule has 1 fully saturated rings. The van der Waals surface area contributed by atoms with Crippen LogP contribution in [0.2, 0.25) is 5.02 Å². The van der Waals surface area contributed by atoms with E-state index in [-0.39, 0.29) is 5.78 Å². The number of fused-ring (bicyclic) bond motifs is 3. The zero-order valence-electron chi connectivity index (χ0n) is 9.95. The number of benzene rings is 1. The third kappa shape index (κ3) is 1.80. The Morgan fingerprint density at radius 1 is 1.41 bits per heavy atom. The molecule has 0 unspecified atom stereocenters. The quantitative estimate of drug-likeness (QED) is 0.705. The number of carbonyl (C=O) groups is 1. The number of Topliss-reactive ketones (excluding diaryl/α,β-unsaturated/α-hetero) is 1. The van der Waals surface area contributed by atoms with Gasteiger partial charge in [0.1, 0.15) is 0 Å². The van der Waals surface area contributed by atoms with Gasteiger partial charge in [-0.3, -0.25) is 4.79 Å². The van der Waals surface area contributed by atoms with Crippen molar-refractivity contribution in [2.75, 3.05) is 20.1 Å². The lowest BCUT2D eigenvalue weighted by Gasteiger charge is -2.40. The first kappa shape index (κ1) is 11.2. The Labute approximate surface area is 107 Å². The standard InChI is InChI=1S/C14H16ClNO/c1-16-6-5-9-7-13(17)14-10(11(9)8-16)3-2-4-12(14)15/h2-4,9,11H,5-8H2,1H3/t9-,11+/m0/s1. The molecule has 0 spiro atoms. The van der Waals surface area contributed by atoms with Gasteiger partial charge >= 0.3 is 0 Å². The Kier molecular flexibility index (Phi) is 2.72. The summed E-state index contributed by atoms with van der Waals surface area (Å²) in [5.74, 6) is 1.24. The van der Waals surface area contributed by atoms with Crippen LogP contribution in [-0.2, 0) is 0 Å². The third-order valence-electron chi connectivity index (χ3n) is 4.13. The predicted molar refractivity (Wildman–Crippen MR) is 68.7 cm³/mol. The number of nitrogens with zero attached hydrogens (tertiary/aromatic N) is 1. The molecular formula is C14H16ClNO. The van der Waals surface area contributed by atoms with Crippen molar-refractivity contribution in [1.29, 1.82) is 0 Å². The second kappa shape index (κ2) is 4.11. The normalized spacial score (nSPS) is 28.7. The van der Waals surface area contributed by atoms with Gasteiger partial charge in [-0.05, 0) is 37.6 Å². The fraction of sp³-hybridized carbons (Fsp3) is 0.500. The fourth-order valence-electron chi connectivity index (χ4n) is 3.24. The lowest BCUT2D eigenvalue weighted by Crippen LogP contribution is -2.40. The minimum absolute atomic E-state index is 0.233. The number of piperidine rings is 1. The minimum Gasteiger partial charge on any atom is -0.306 e. The molecule has 2 nitrogen and oxygen atoms in total. The molecule has 0 radical (unpaired) electrons. The molecule has 1 heterocycles. The molecule has 3 rings (SSSR count). The Hall–Kier alpha value is -0.860. The van der Waals surface area contributed by atoms with Crippen molar-refractivity contribution in [1.82, 2.24) is 4.90 Å². The van der Waals surface area contributed by atoms with Crippen molar-refractivity contribution in [3.63, 3.8) is 0 Å². The van der Waals surface area contributed by atoms with E-state index in [2.05, 4.69) is 18.0 Å². The van der Waals surface area contributed by atoms with Gasteiger partial charge in [0.25, 0.3) is 0 Å². The maximum atomic E-state index is 12.1. The van der Waals surface area contributed by atoms with Crippen LogP contribution in [0, 0.1) is 5.92 Å². The number of likely N-dealkylation sites (N-methyl/N-ethyl adjacent to an activating group) is 1. The molecule has 1 saturated heterocycles. The van der Waals surface area contributed by atoms with Gasteiger partial charge in [0.2, 0.25) is 0 Å². The molecule has 2 atom stereocenters. The minimum atomic E-state index is 0.233. The summed E-state index contributed by atoms with van der Waals surface area (Å²) in [4.78, 5) is 14.5. The first-order valence-corrected chi connectivity index (χ1v) is 6.55. The van der Waals surface area contributed by atoms with Gasteiger partial charge in [-0.1, -0.05) is 23.7 Å². The van der Waals surface area contributed by atoms with Gasteiger partial charge in [-0.2, -0.15) is 0 Å². The number of halogens is 1. The van der Waals surface area contributed by atoms with E-state index < -0.39 is 0 Å². The molecule has 1 aromatic rings. The predicted octanol–water partition coefficient (Wildman–Crippen LogP) is 2.96. The van der Waals surface area contributed by atoms with Crippen LogP contribution >= 0.6 is 11.6 Å². The van der Waals surface area contributed by atoms with E-state index in [1.165, 1.54) is 5.56 Å². The summed E-state index contributed by atoms with van der Waals surface area (Å²) in [6.45, 7) is 2.15. The number of hydrogen-bond acceptors (Lipinski definition) is 2. The molecule has 1 aromatic carbocycles. The summed E-state index contributed by atoms with van der Waals surface area (Å²) in [7, 11) is 2.15. The Bertz CT molecular complexity index is 471. The highest BCUT2D eigenvalue weighted by molar-refractivity contribution is 6.34. The molecule has 0 saturated carbocycles.